The van der Waals surface area contributed by atoms with E-state index in [4.69, 9.17) is 18.9 Å². The second kappa shape index (κ2) is 22.0. The zero-order valence-corrected chi connectivity index (χ0v) is 36.5. The molecule has 0 saturated carbocycles. The van der Waals surface area contributed by atoms with Gasteiger partial charge < -0.3 is 13.9 Å². The van der Waals surface area contributed by atoms with Crippen molar-refractivity contribution in [2.45, 2.75) is 121 Å². The van der Waals surface area contributed by atoms with Crippen molar-refractivity contribution >= 4 is 22.6 Å². The van der Waals surface area contributed by atoms with E-state index < -0.39 is 0 Å². The van der Waals surface area contributed by atoms with Gasteiger partial charge in [-0.1, -0.05) is 207 Å². The quantitative estimate of drug-likeness (QED) is 0.184. The van der Waals surface area contributed by atoms with Gasteiger partial charge in [0, 0.05) is 21.8 Å². The molecule has 0 fully saturated rings. The van der Waals surface area contributed by atoms with Crippen LogP contribution in [0.1, 0.15) is 133 Å². The maximum Gasteiger partial charge on any atom is 0.199 e. The first kappa shape index (κ1) is 46.4. The van der Waals surface area contributed by atoms with E-state index in [9.17, 15) is 0 Å². The third kappa shape index (κ3) is 13.8. The largest absolute Gasteiger partial charge is 0.478 e. The zero-order valence-electron chi connectivity index (χ0n) is 36.5. The summed E-state index contributed by atoms with van der Waals surface area (Å²) in [5.41, 5.74) is 4.46. The second-order valence-electron chi connectivity index (χ2n) is 15.7. The number of aliphatic imine (C=N–C) groups is 2. The van der Waals surface area contributed by atoms with Crippen molar-refractivity contribution in [1.82, 2.24) is 4.98 Å². The lowest BCUT2D eigenvalue weighted by atomic mass is 9.96. The Morgan fingerprint density at radius 2 is 0.982 bits per heavy atom. The number of oxazole rings is 1. The lowest BCUT2D eigenvalue weighted by Crippen LogP contribution is -2.20. The minimum Gasteiger partial charge on any atom is -0.478 e. The average Bonchev–Trinajstić information content (AvgIpc) is 4.00. The highest BCUT2D eigenvalue weighted by atomic mass is 16.5. The number of fused-ring (bicyclic) bond motifs is 1. The van der Waals surface area contributed by atoms with Crippen LogP contribution in [0.25, 0.3) is 22.0 Å². The van der Waals surface area contributed by atoms with Gasteiger partial charge in [-0.15, -0.1) is 0 Å². The van der Waals surface area contributed by atoms with Crippen molar-refractivity contribution in [3.05, 3.63) is 126 Å². The van der Waals surface area contributed by atoms with Crippen LogP contribution in [0.2, 0.25) is 0 Å². The van der Waals surface area contributed by atoms with E-state index in [1.165, 1.54) is 21.9 Å². The van der Waals surface area contributed by atoms with E-state index >= 15 is 0 Å². The van der Waals surface area contributed by atoms with E-state index in [0.29, 0.717) is 13.2 Å². The average molecular weight is 748 g/mol. The summed E-state index contributed by atoms with van der Waals surface area (Å²) in [7, 11) is 0. The molecule has 3 heterocycles. The summed E-state index contributed by atoms with van der Waals surface area (Å²) in [6, 6.07) is 35.5. The topological polar surface area (TPSA) is 69.2 Å². The highest BCUT2D eigenvalue weighted by Crippen LogP contribution is 2.33. The summed E-state index contributed by atoms with van der Waals surface area (Å²) in [6.07, 6.45) is 1.72. The predicted octanol–water partition coefficient (Wildman–Crippen LogP) is 14.3. The third-order valence-corrected chi connectivity index (χ3v) is 8.17. The van der Waals surface area contributed by atoms with Gasteiger partial charge >= 0.3 is 0 Å². The minimum absolute atomic E-state index is 0.0145. The molecular formula is C49H69N3O3. The summed E-state index contributed by atoms with van der Waals surface area (Å²) in [4.78, 5) is 13.9. The molecule has 6 nitrogen and oxygen atoms in total. The van der Waals surface area contributed by atoms with E-state index in [0.717, 1.165) is 28.9 Å². The molecule has 2 unspecified atom stereocenters. The van der Waals surface area contributed by atoms with Gasteiger partial charge in [0.25, 0.3) is 0 Å². The number of benzene rings is 4. The van der Waals surface area contributed by atoms with E-state index in [1.54, 1.807) is 6.26 Å². The van der Waals surface area contributed by atoms with Crippen molar-refractivity contribution in [1.29, 1.82) is 0 Å². The van der Waals surface area contributed by atoms with Gasteiger partial charge in [0.1, 0.15) is 37.3 Å². The van der Waals surface area contributed by atoms with Gasteiger partial charge in [0.2, 0.25) is 0 Å². The van der Waals surface area contributed by atoms with E-state index in [2.05, 4.69) is 127 Å². The van der Waals surface area contributed by atoms with Crippen molar-refractivity contribution in [3.8, 4) is 11.3 Å². The Labute approximate surface area is 333 Å². The predicted molar refractivity (Wildman–Crippen MR) is 236 cm³/mol. The molecule has 0 spiro atoms. The number of hydrogen-bond donors (Lipinski definition) is 0. The van der Waals surface area contributed by atoms with Crippen molar-refractivity contribution < 1.29 is 13.9 Å². The fourth-order valence-electron chi connectivity index (χ4n) is 5.47. The number of rotatable bonds is 3. The summed E-state index contributed by atoms with van der Waals surface area (Å²) in [6.45, 7) is 32.4. The molecule has 2 aliphatic heterocycles. The van der Waals surface area contributed by atoms with Gasteiger partial charge in [-0.05, 0) is 21.9 Å². The third-order valence-electron chi connectivity index (χ3n) is 8.17. The highest BCUT2D eigenvalue weighted by Gasteiger charge is 2.30. The van der Waals surface area contributed by atoms with Crippen LogP contribution < -0.4 is 0 Å². The van der Waals surface area contributed by atoms with Crippen molar-refractivity contribution in [2.24, 2.45) is 20.8 Å². The SMILES string of the molecule is CC.CC.CC.CC(C)(C)C1=NC(c2cccc3ccccc23)CO1.CC(C)(C)C1=NC(c2ccccc2)CO1.CC(C)(C)c1nc(-c2ccccc2)co1. The lowest BCUT2D eigenvalue weighted by Gasteiger charge is -2.16. The van der Waals surface area contributed by atoms with Crippen LogP contribution in [-0.2, 0) is 14.9 Å². The lowest BCUT2D eigenvalue weighted by molar-refractivity contribution is 0.283. The monoisotopic (exact) mass is 748 g/mol. The molecule has 0 aliphatic carbocycles. The smallest absolute Gasteiger partial charge is 0.199 e. The van der Waals surface area contributed by atoms with Crippen molar-refractivity contribution in [2.75, 3.05) is 13.2 Å². The van der Waals surface area contributed by atoms with Crippen LogP contribution in [0, 0.1) is 10.8 Å². The summed E-state index contributed by atoms with van der Waals surface area (Å²) in [5, 5.41) is 2.54. The van der Waals surface area contributed by atoms with Gasteiger partial charge in [-0.25, -0.2) is 15.0 Å². The molecule has 1 aromatic heterocycles. The maximum absolute atomic E-state index is 5.78. The zero-order chi connectivity index (χ0) is 41.2. The molecule has 7 rings (SSSR count). The Morgan fingerprint density at radius 1 is 0.509 bits per heavy atom. The molecule has 55 heavy (non-hydrogen) atoms. The van der Waals surface area contributed by atoms with Crippen LogP contribution >= 0.6 is 0 Å². The van der Waals surface area contributed by atoms with Gasteiger partial charge in [0.05, 0.1) is 0 Å². The van der Waals surface area contributed by atoms with Crippen LogP contribution in [0.4, 0.5) is 0 Å². The summed E-state index contributed by atoms with van der Waals surface area (Å²) in [5.74, 6) is 2.52. The molecule has 0 saturated heterocycles. The van der Waals surface area contributed by atoms with Crippen LogP contribution in [0.3, 0.4) is 0 Å². The Hall–Kier alpha value is -4.71. The number of nitrogens with zero attached hydrogens (tertiary/aromatic N) is 3. The van der Waals surface area contributed by atoms with Crippen LogP contribution in [0.15, 0.2) is 124 Å². The van der Waals surface area contributed by atoms with Crippen LogP contribution in [0.5, 0.6) is 0 Å². The molecular weight excluding hydrogens is 679 g/mol. The first-order chi connectivity index (χ1) is 26.2. The summed E-state index contributed by atoms with van der Waals surface area (Å²) < 4.78 is 16.9. The molecule has 2 aliphatic rings. The van der Waals surface area contributed by atoms with E-state index in [-0.39, 0.29) is 28.3 Å². The van der Waals surface area contributed by atoms with Gasteiger partial charge in [-0.2, -0.15) is 0 Å². The van der Waals surface area contributed by atoms with Crippen molar-refractivity contribution in [3.63, 3.8) is 0 Å². The Balaban J connectivity index is 0.000000269. The maximum atomic E-state index is 5.78. The Kier molecular flexibility index (Phi) is 18.6. The minimum atomic E-state index is -0.0347. The Bertz CT molecular complexity index is 1870. The molecule has 5 aromatic rings. The van der Waals surface area contributed by atoms with Gasteiger partial charge in [-0.3, -0.25) is 0 Å². The summed E-state index contributed by atoms with van der Waals surface area (Å²) >= 11 is 0. The van der Waals surface area contributed by atoms with E-state index in [1.807, 2.05) is 90.1 Å². The second-order valence-corrected chi connectivity index (χ2v) is 15.7. The normalized spacial score (nSPS) is 15.9. The molecule has 0 radical (unpaired) electrons. The molecule has 298 valence electrons. The molecule has 0 bridgehead atoms. The number of aromatic nitrogens is 1. The fourth-order valence-corrected chi connectivity index (χ4v) is 5.47. The number of hydrogen-bond acceptors (Lipinski definition) is 6. The molecule has 0 N–H and O–H groups in total. The standard InChI is InChI=1S/C17H19NO.C13H17NO.C13H15NO.3C2H6/c1-17(2,3)16-18-15(11-19-16)14-10-6-8-12-7-4-5-9-13(12)14;2*1-13(2,3)12-14-11(9-15-12)10-7-5-4-6-8-10;3*1-2/h4-10,15H,11H2,1-3H3;4-8,11H,9H2,1-3H3;4-9H,1-3H3;3*1-2H3. The highest BCUT2D eigenvalue weighted by molar-refractivity contribution is 5.88. The number of ether oxygens (including phenoxy) is 2. The fraction of sp³-hybridized carbons (Fsp3) is 0.449. The van der Waals surface area contributed by atoms with Crippen LogP contribution in [-0.4, -0.2) is 30.0 Å². The molecule has 6 heteroatoms. The van der Waals surface area contributed by atoms with Gasteiger partial charge in [0.15, 0.2) is 17.7 Å². The molecule has 0 amide bonds. The first-order valence-corrected chi connectivity index (χ1v) is 20.2. The molecule has 2 atom stereocenters. The molecule has 4 aromatic carbocycles. The first-order valence-electron chi connectivity index (χ1n) is 20.2. The Morgan fingerprint density at radius 3 is 1.49 bits per heavy atom.